The van der Waals surface area contributed by atoms with Gasteiger partial charge in [0.25, 0.3) is 0 Å². The molecule has 206 valence electrons. The van der Waals surface area contributed by atoms with Crippen LogP contribution in [-0.4, -0.2) is 82.0 Å². The van der Waals surface area contributed by atoms with Crippen LogP contribution in [0.1, 0.15) is 37.7 Å². The van der Waals surface area contributed by atoms with Gasteiger partial charge < -0.3 is 20.1 Å². The van der Waals surface area contributed by atoms with Crippen molar-refractivity contribution >= 4 is 16.7 Å². The highest BCUT2D eigenvalue weighted by atomic mass is 19.1. The number of benzene rings is 1. The molecule has 3 unspecified atom stereocenters. The van der Waals surface area contributed by atoms with Gasteiger partial charge in [0.2, 0.25) is 0 Å². The maximum atomic E-state index is 16.3. The zero-order valence-corrected chi connectivity index (χ0v) is 22.2. The molecular formula is C29H34F2N6O2. The number of rotatable bonds is 5. The van der Waals surface area contributed by atoms with E-state index >= 15 is 4.39 Å². The van der Waals surface area contributed by atoms with Gasteiger partial charge in [-0.2, -0.15) is 9.97 Å². The molecule has 2 bridgehead atoms. The van der Waals surface area contributed by atoms with Gasteiger partial charge in [-0.25, -0.2) is 8.78 Å². The van der Waals surface area contributed by atoms with E-state index in [-0.39, 0.29) is 35.1 Å². The number of aromatic hydroxyl groups is 1. The molecule has 4 aliphatic rings. The van der Waals surface area contributed by atoms with Crippen molar-refractivity contribution in [2.75, 3.05) is 44.2 Å². The molecule has 0 saturated carbocycles. The molecule has 2 N–H and O–H groups in total. The molecule has 4 aliphatic heterocycles. The minimum atomic E-state index is -0.866. The minimum absolute atomic E-state index is 0.0384. The Labute approximate surface area is 226 Å². The Bertz CT molecular complexity index is 1400. The number of anilines is 1. The van der Waals surface area contributed by atoms with Crippen molar-refractivity contribution in [3.05, 3.63) is 35.8 Å². The number of phenols is 1. The van der Waals surface area contributed by atoms with E-state index in [1.54, 1.807) is 12.3 Å². The molecule has 2 aromatic heterocycles. The molecule has 10 heteroatoms. The van der Waals surface area contributed by atoms with E-state index in [4.69, 9.17) is 9.72 Å². The van der Waals surface area contributed by atoms with Gasteiger partial charge in [-0.05, 0) is 63.2 Å². The third kappa shape index (κ3) is 4.28. The van der Waals surface area contributed by atoms with Crippen LogP contribution in [0.2, 0.25) is 0 Å². The number of nitrogens with one attached hydrogen (secondary N) is 1. The minimum Gasteiger partial charge on any atom is -0.507 e. The van der Waals surface area contributed by atoms with Crippen molar-refractivity contribution in [2.24, 2.45) is 5.92 Å². The van der Waals surface area contributed by atoms with Crippen LogP contribution >= 0.6 is 0 Å². The summed E-state index contributed by atoms with van der Waals surface area (Å²) < 4.78 is 36.8. The lowest BCUT2D eigenvalue weighted by molar-refractivity contribution is 0.107. The number of alkyl halides is 1. The number of hydrogen-bond acceptors (Lipinski definition) is 8. The second kappa shape index (κ2) is 9.52. The quantitative estimate of drug-likeness (QED) is 0.507. The van der Waals surface area contributed by atoms with Crippen molar-refractivity contribution < 1.29 is 18.6 Å². The second-order valence-corrected chi connectivity index (χ2v) is 11.8. The molecule has 0 radical (unpaired) electrons. The molecule has 1 aromatic carbocycles. The van der Waals surface area contributed by atoms with Crippen LogP contribution in [0.5, 0.6) is 11.8 Å². The molecule has 8 nitrogen and oxygen atoms in total. The zero-order valence-electron chi connectivity index (χ0n) is 22.2. The highest BCUT2D eigenvalue weighted by Gasteiger charge is 2.49. The van der Waals surface area contributed by atoms with Crippen molar-refractivity contribution in [1.82, 2.24) is 25.2 Å². The standard InChI is InChI=1S/C29H34F2N6O2/c1-17-4-2-5-22(38)23(17)26-24(31)25-21(13-33-26)27(36-9-6-18-10-20(15-36)32-12-18)35-28(34-25)39-16-29-7-3-8-37(29)14-19(30)11-29/h2,4-5,13,18-20,32,38H,3,6-12,14-16H2,1H3/t18?,19-,20?,29?/m1/s1. The smallest absolute Gasteiger partial charge is 0.319 e. The number of nitrogens with zero attached hydrogens (tertiary/aromatic N) is 5. The largest absolute Gasteiger partial charge is 0.507 e. The Morgan fingerprint density at radius 1 is 1.23 bits per heavy atom. The molecule has 0 aliphatic carbocycles. The van der Waals surface area contributed by atoms with Crippen LogP contribution < -0.4 is 15.0 Å². The predicted molar refractivity (Wildman–Crippen MR) is 144 cm³/mol. The summed E-state index contributed by atoms with van der Waals surface area (Å²) in [5.41, 5.74) is 0.848. The van der Waals surface area contributed by atoms with Crippen molar-refractivity contribution in [2.45, 2.75) is 56.8 Å². The van der Waals surface area contributed by atoms with Crippen molar-refractivity contribution in [1.29, 1.82) is 0 Å². The summed E-state index contributed by atoms with van der Waals surface area (Å²) in [6.45, 7) is 5.96. The number of hydrogen-bond donors (Lipinski definition) is 2. The summed E-state index contributed by atoms with van der Waals surface area (Å²) in [6, 6.07) is 5.50. The van der Waals surface area contributed by atoms with Crippen LogP contribution in [0.25, 0.3) is 22.2 Å². The molecule has 7 rings (SSSR count). The fraction of sp³-hybridized carbons (Fsp3) is 0.552. The monoisotopic (exact) mass is 536 g/mol. The summed E-state index contributed by atoms with van der Waals surface area (Å²) in [5.74, 6) is 0.568. The lowest BCUT2D eigenvalue weighted by Crippen LogP contribution is -2.43. The highest BCUT2D eigenvalue weighted by molar-refractivity contribution is 5.92. The molecule has 39 heavy (non-hydrogen) atoms. The Morgan fingerprint density at radius 3 is 3.00 bits per heavy atom. The van der Waals surface area contributed by atoms with Gasteiger partial charge in [0.15, 0.2) is 5.82 Å². The first-order valence-corrected chi connectivity index (χ1v) is 14.1. The first-order valence-electron chi connectivity index (χ1n) is 14.1. The molecule has 4 atom stereocenters. The molecule has 3 aromatic rings. The number of phenolic OH excluding ortho intramolecular Hbond substituents is 1. The summed E-state index contributed by atoms with van der Waals surface area (Å²) in [4.78, 5) is 18.2. The second-order valence-electron chi connectivity index (χ2n) is 11.8. The third-order valence-corrected chi connectivity index (χ3v) is 9.22. The predicted octanol–water partition coefficient (Wildman–Crippen LogP) is 3.99. The summed E-state index contributed by atoms with van der Waals surface area (Å²) >= 11 is 0. The van der Waals surface area contributed by atoms with E-state index in [1.165, 1.54) is 6.07 Å². The summed E-state index contributed by atoms with van der Waals surface area (Å²) in [7, 11) is 0. The summed E-state index contributed by atoms with van der Waals surface area (Å²) in [5, 5.41) is 14.6. The van der Waals surface area contributed by atoms with E-state index in [2.05, 4.69) is 25.1 Å². The topological polar surface area (TPSA) is 86.6 Å². The van der Waals surface area contributed by atoms with Gasteiger partial charge in [0, 0.05) is 43.9 Å². The van der Waals surface area contributed by atoms with E-state index in [0.29, 0.717) is 47.3 Å². The SMILES string of the molecule is Cc1cccc(O)c1-c1ncc2c(N3CCC4CNC(C4)C3)nc(OCC34CCCN3C[C@H](F)C4)nc2c1F. The van der Waals surface area contributed by atoms with Gasteiger partial charge >= 0.3 is 6.01 Å². The zero-order chi connectivity index (χ0) is 26.7. The number of aromatic nitrogens is 3. The number of fused-ring (bicyclic) bond motifs is 4. The van der Waals surface area contributed by atoms with Crippen LogP contribution in [0.4, 0.5) is 14.6 Å². The van der Waals surface area contributed by atoms with E-state index < -0.39 is 12.0 Å². The Morgan fingerprint density at radius 2 is 2.13 bits per heavy atom. The summed E-state index contributed by atoms with van der Waals surface area (Å²) in [6.07, 6.45) is 5.19. The van der Waals surface area contributed by atoms with Gasteiger partial charge in [-0.1, -0.05) is 12.1 Å². The number of aryl methyl sites for hydroxylation is 1. The molecular weight excluding hydrogens is 502 g/mol. The fourth-order valence-electron chi connectivity index (χ4n) is 7.26. The van der Waals surface area contributed by atoms with Gasteiger partial charge in [0.05, 0.1) is 10.9 Å². The van der Waals surface area contributed by atoms with E-state index in [1.807, 2.05) is 13.0 Å². The molecule has 0 spiro atoms. The first kappa shape index (κ1) is 24.9. The van der Waals surface area contributed by atoms with E-state index in [0.717, 1.165) is 51.9 Å². The average molecular weight is 537 g/mol. The maximum absolute atomic E-state index is 16.3. The first-order chi connectivity index (χ1) is 18.9. The van der Waals surface area contributed by atoms with E-state index in [9.17, 15) is 9.50 Å². The van der Waals surface area contributed by atoms with Gasteiger partial charge in [-0.15, -0.1) is 0 Å². The highest BCUT2D eigenvalue weighted by Crippen LogP contribution is 2.41. The van der Waals surface area contributed by atoms with Crippen LogP contribution in [0, 0.1) is 18.7 Å². The number of pyridine rings is 1. The van der Waals surface area contributed by atoms with Crippen molar-refractivity contribution in [3.63, 3.8) is 0 Å². The van der Waals surface area contributed by atoms with Gasteiger partial charge in [-0.3, -0.25) is 9.88 Å². The molecule has 0 amide bonds. The number of ether oxygens (including phenoxy) is 1. The van der Waals surface area contributed by atoms with Crippen LogP contribution in [0.3, 0.4) is 0 Å². The normalized spacial score (nSPS) is 28.7. The Kier molecular flexibility index (Phi) is 6.08. The molecule has 4 saturated heterocycles. The average Bonchev–Trinajstić information content (AvgIpc) is 3.54. The lowest BCUT2D eigenvalue weighted by Gasteiger charge is -2.31. The van der Waals surface area contributed by atoms with Crippen LogP contribution in [-0.2, 0) is 0 Å². The Hall–Kier alpha value is -3.11. The van der Waals surface area contributed by atoms with Gasteiger partial charge in [0.1, 0.15) is 35.6 Å². The maximum Gasteiger partial charge on any atom is 0.319 e. The molecule has 6 heterocycles. The Balaban J connectivity index is 1.31. The van der Waals surface area contributed by atoms with Crippen molar-refractivity contribution in [3.8, 4) is 23.0 Å². The fourth-order valence-corrected chi connectivity index (χ4v) is 7.26. The molecule has 4 fully saturated rings. The third-order valence-electron chi connectivity index (χ3n) is 9.22. The van der Waals surface area contributed by atoms with Crippen LogP contribution in [0.15, 0.2) is 24.4 Å². The number of halogens is 2. The lowest BCUT2D eigenvalue weighted by atomic mass is 9.95.